The Morgan fingerprint density at radius 3 is 2.10 bits per heavy atom. The van der Waals surface area contributed by atoms with Gasteiger partial charge < -0.3 is 9.84 Å². The number of hydrogen-bond acceptors (Lipinski definition) is 2. The normalized spacial score (nSPS) is 28.8. The lowest BCUT2D eigenvalue weighted by molar-refractivity contribution is 0.244. The average molecular weight is 144 g/mol. The lowest BCUT2D eigenvalue weighted by Gasteiger charge is -1.72. The zero-order valence-electron chi connectivity index (χ0n) is 6.55. The summed E-state index contributed by atoms with van der Waals surface area (Å²) in [6.07, 6.45) is 4.63. The van der Waals surface area contributed by atoms with Gasteiger partial charge in [0, 0.05) is 0 Å². The molecule has 0 bridgehead atoms. The number of aliphatic hydroxyl groups excluding tert-OH is 1. The molecule has 0 aromatic carbocycles. The Morgan fingerprint density at radius 1 is 1.50 bits per heavy atom. The number of ether oxygens (including phenoxy) is 1. The molecule has 60 valence electrons. The van der Waals surface area contributed by atoms with Crippen molar-refractivity contribution in [3.63, 3.8) is 0 Å². The molecule has 0 radical (unpaired) electrons. The van der Waals surface area contributed by atoms with E-state index in [4.69, 9.17) is 5.11 Å². The minimum atomic E-state index is 0.190. The van der Waals surface area contributed by atoms with Gasteiger partial charge in [0.15, 0.2) is 0 Å². The highest BCUT2D eigenvalue weighted by molar-refractivity contribution is 4.69. The molecule has 1 unspecified atom stereocenters. The Bertz CT molecular complexity index is 73.3. The summed E-state index contributed by atoms with van der Waals surface area (Å²) in [6, 6.07) is 0. The van der Waals surface area contributed by atoms with Crippen molar-refractivity contribution in [1.29, 1.82) is 0 Å². The number of epoxide rings is 1. The van der Waals surface area contributed by atoms with Crippen molar-refractivity contribution in [3.8, 4) is 0 Å². The van der Waals surface area contributed by atoms with Crippen molar-refractivity contribution in [3.05, 3.63) is 0 Å². The quantitative estimate of drug-likeness (QED) is 0.590. The molecule has 2 fully saturated rings. The smallest absolute Gasteiger partial charge is 0.104 e. The van der Waals surface area contributed by atoms with E-state index in [1.807, 2.05) is 0 Å². The van der Waals surface area contributed by atoms with E-state index in [9.17, 15) is 0 Å². The molecule has 2 heteroatoms. The molecule has 2 aliphatic rings. The van der Waals surface area contributed by atoms with Crippen molar-refractivity contribution in [2.45, 2.75) is 32.3 Å². The minimum Gasteiger partial charge on any atom is -0.394 e. The molecule has 10 heavy (non-hydrogen) atoms. The third-order valence-electron chi connectivity index (χ3n) is 1.88. The van der Waals surface area contributed by atoms with Crippen molar-refractivity contribution in [2.24, 2.45) is 5.92 Å². The highest BCUT2D eigenvalue weighted by Crippen LogP contribution is 2.31. The molecule has 1 aliphatic heterocycles. The predicted octanol–water partition coefficient (Wildman–Crippen LogP) is 1.18. The van der Waals surface area contributed by atoms with E-state index in [1.54, 1.807) is 0 Å². The van der Waals surface area contributed by atoms with Crippen LogP contribution in [0, 0.1) is 5.92 Å². The molecule has 2 nitrogen and oxygen atoms in total. The standard InChI is InChI=1S/C5H10.C3H6O2/c1-2-5-3-4-5;4-1-3-2-5-3/h5H,2-4H2,1H3;3-4H,1-2H2. The van der Waals surface area contributed by atoms with Crippen LogP contribution in [0.4, 0.5) is 0 Å². The summed E-state index contributed by atoms with van der Waals surface area (Å²) in [4.78, 5) is 0. The SMILES string of the molecule is CCC1CC1.OCC1CO1. The number of hydrogen-bond donors (Lipinski definition) is 1. The fraction of sp³-hybridized carbons (Fsp3) is 1.00. The van der Waals surface area contributed by atoms with E-state index in [2.05, 4.69) is 11.7 Å². The second-order valence-electron chi connectivity index (χ2n) is 2.99. The first kappa shape index (κ1) is 8.02. The lowest BCUT2D eigenvalue weighted by atomic mass is 10.3. The molecule has 1 aliphatic carbocycles. The first-order valence-electron chi connectivity index (χ1n) is 4.09. The van der Waals surface area contributed by atoms with Gasteiger partial charge in [0.2, 0.25) is 0 Å². The van der Waals surface area contributed by atoms with E-state index < -0.39 is 0 Å². The van der Waals surface area contributed by atoms with Gasteiger partial charge in [-0.2, -0.15) is 0 Å². The maximum Gasteiger partial charge on any atom is 0.104 e. The molecular formula is C8H16O2. The monoisotopic (exact) mass is 144 g/mol. The third kappa shape index (κ3) is 3.85. The fourth-order valence-electron chi connectivity index (χ4n) is 0.700. The van der Waals surface area contributed by atoms with Gasteiger partial charge in [-0.1, -0.05) is 26.2 Å². The zero-order chi connectivity index (χ0) is 7.40. The predicted molar refractivity (Wildman–Crippen MR) is 39.8 cm³/mol. The summed E-state index contributed by atoms with van der Waals surface area (Å²) in [5.41, 5.74) is 0. The number of aliphatic hydroxyl groups is 1. The molecule has 1 atom stereocenters. The summed E-state index contributed by atoms with van der Waals surface area (Å²) in [5, 5.41) is 8.08. The van der Waals surface area contributed by atoms with Crippen LogP contribution in [0.5, 0.6) is 0 Å². The molecule has 2 rings (SSSR count). The second-order valence-corrected chi connectivity index (χ2v) is 2.99. The Morgan fingerprint density at radius 2 is 2.10 bits per heavy atom. The van der Waals surface area contributed by atoms with Gasteiger partial charge in [0.25, 0.3) is 0 Å². The van der Waals surface area contributed by atoms with Crippen LogP contribution in [0.25, 0.3) is 0 Å². The molecule has 0 aromatic rings. The van der Waals surface area contributed by atoms with Gasteiger partial charge >= 0.3 is 0 Å². The van der Waals surface area contributed by atoms with Gasteiger partial charge in [0.1, 0.15) is 6.10 Å². The van der Waals surface area contributed by atoms with E-state index in [0.717, 1.165) is 12.5 Å². The van der Waals surface area contributed by atoms with Gasteiger partial charge in [-0.15, -0.1) is 0 Å². The van der Waals surface area contributed by atoms with Crippen LogP contribution in [0.3, 0.4) is 0 Å². The van der Waals surface area contributed by atoms with Crippen molar-refractivity contribution < 1.29 is 9.84 Å². The molecule has 0 spiro atoms. The minimum absolute atomic E-state index is 0.190. The summed E-state index contributed by atoms with van der Waals surface area (Å²) in [7, 11) is 0. The Balaban J connectivity index is 0.0000001000. The first-order valence-corrected chi connectivity index (χ1v) is 4.09. The first-order chi connectivity index (χ1) is 4.86. The highest BCUT2D eigenvalue weighted by atomic mass is 16.6. The fourth-order valence-corrected chi connectivity index (χ4v) is 0.700. The Hall–Kier alpha value is -0.0800. The molecule has 1 saturated heterocycles. The van der Waals surface area contributed by atoms with Crippen LogP contribution >= 0.6 is 0 Å². The number of rotatable bonds is 2. The Labute approximate surface area is 62.2 Å². The summed E-state index contributed by atoms with van der Waals surface area (Å²) >= 11 is 0. The molecular weight excluding hydrogens is 128 g/mol. The summed E-state index contributed by atoms with van der Waals surface area (Å²) in [6.45, 7) is 3.22. The van der Waals surface area contributed by atoms with Crippen LogP contribution in [0.2, 0.25) is 0 Å². The van der Waals surface area contributed by atoms with Crippen LogP contribution < -0.4 is 0 Å². The van der Waals surface area contributed by atoms with Gasteiger partial charge in [-0.05, 0) is 5.92 Å². The summed E-state index contributed by atoms with van der Waals surface area (Å²) in [5.74, 6) is 1.13. The van der Waals surface area contributed by atoms with E-state index in [1.165, 1.54) is 19.3 Å². The highest BCUT2D eigenvalue weighted by Gasteiger charge is 2.19. The molecule has 0 amide bonds. The maximum absolute atomic E-state index is 8.08. The van der Waals surface area contributed by atoms with Gasteiger partial charge in [-0.3, -0.25) is 0 Å². The largest absolute Gasteiger partial charge is 0.394 e. The molecule has 1 saturated carbocycles. The molecule has 1 N–H and O–H groups in total. The van der Waals surface area contributed by atoms with Crippen LogP contribution in [0.15, 0.2) is 0 Å². The second kappa shape index (κ2) is 3.94. The van der Waals surface area contributed by atoms with Gasteiger partial charge in [-0.25, -0.2) is 0 Å². The van der Waals surface area contributed by atoms with Gasteiger partial charge in [0.05, 0.1) is 13.2 Å². The molecule has 0 aromatic heterocycles. The van der Waals surface area contributed by atoms with Crippen LogP contribution in [-0.4, -0.2) is 24.4 Å². The van der Waals surface area contributed by atoms with Crippen LogP contribution in [-0.2, 0) is 4.74 Å². The van der Waals surface area contributed by atoms with Crippen molar-refractivity contribution in [1.82, 2.24) is 0 Å². The van der Waals surface area contributed by atoms with E-state index >= 15 is 0 Å². The average Bonchev–Trinajstić information content (AvgIpc) is 2.86. The van der Waals surface area contributed by atoms with E-state index in [0.29, 0.717) is 0 Å². The lowest BCUT2D eigenvalue weighted by Crippen LogP contribution is -1.88. The Kier molecular flexibility index (Phi) is 3.16. The van der Waals surface area contributed by atoms with Crippen molar-refractivity contribution >= 4 is 0 Å². The summed E-state index contributed by atoms with van der Waals surface area (Å²) < 4.78 is 4.61. The van der Waals surface area contributed by atoms with Crippen molar-refractivity contribution in [2.75, 3.05) is 13.2 Å². The maximum atomic E-state index is 8.08. The zero-order valence-corrected chi connectivity index (χ0v) is 6.55. The molecule has 1 heterocycles. The topological polar surface area (TPSA) is 32.8 Å². The third-order valence-corrected chi connectivity index (χ3v) is 1.88. The van der Waals surface area contributed by atoms with Crippen LogP contribution in [0.1, 0.15) is 26.2 Å². The van der Waals surface area contributed by atoms with E-state index in [-0.39, 0.29) is 12.7 Å².